The van der Waals surface area contributed by atoms with Crippen molar-refractivity contribution in [1.29, 1.82) is 0 Å². The van der Waals surface area contributed by atoms with Gasteiger partial charge in [0.25, 0.3) is 0 Å². The summed E-state index contributed by atoms with van der Waals surface area (Å²) in [4.78, 5) is 49.0. The first-order valence-electron chi connectivity index (χ1n) is 11.8. The third kappa shape index (κ3) is 3.21. The van der Waals surface area contributed by atoms with Gasteiger partial charge in [-0.3, -0.25) is 19.2 Å². The maximum absolute atomic E-state index is 13.1. The maximum Gasteiger partial charge on any atom is 0.303 e. The van der Waals surface area contributed by atoms with Gasteiger partial charge in [0, 0.05) is 55.8 Å². The van der Waals surface area contributed by atoms with Gasteiger partial charge in [0.1, 0.15) is 12.7 Å². The van der Waals surface area contributed by atoms with Crippen molar-refractivity contribution >= 4 is 23.7 Å². The Morgan fingerprint density at radius 2 is 1.71 bits per heavy atom. The van der Waals surface area contributed by atoms with Crippen LogP contribution in [0.15, 0.2) is 23.3 Å². The summed E-state index contributed by atoms with van der Waals surface area (Å²) in [5.41, 5.74) is -1.85. The van der Waals surface area contributed by atoms with Crippen molar-refractivity contribution < 1.29 is 38.5 Å². The van der Waals surface area contributed by atoms with Crippen LogP contribution in [0.4, 0.5) is 0 Å². The Hall–Kier alpha value is -2.48. The normalized spacial score (nSPS) is 41.6. The summed E-state index contributed by atoms with van der Waals surface area (Å²) in [5, 5.41) is 12.5. The summed E-state index contributed by atoms with van der Waals surface area (Å²) in [6.45, 7) is 11.4. The lowest BCUT2D eigenvalue weighted by molar-refractivity contribution is -0.218. The molecular weight excluding hydrogens is 440 g/mol. The minimum Gasteiger partial charge on any atom is -0.461 e. The lowest BCUT2D eigenvalue weighted by atomic mass is 9.60. The molecule has 0 saturated heterocycles. The second-order valence-electron chi connectivity index (χ2n) is 11.0. The number of carbonyl (C=O) groups excluding carboxylic acids is 4. The molecule has 2 unspecified atom stereocenters. The van der Waals surface area contributed by atoms with Gasteiger partial charge in [-0.1, -0.05) is 32.9 Å². The van der Waals surface area contributed by atoms with E-state index in [1.54, 1.807) is 13.8 Å². The first kappa shape index (κ1) is 24.6. The zero-order valence-electron chi connectivity index (χ0n) is 20.8. The number of fused-ring (bicyclic) bond motifs is 5. The van der Waals surface area contributed by atoms with Gasteiger partial charge in [-0.05, 0) is 24.5 Å². The SMILES string of the molecule is CC(=O)OCC1=C[C@H]2[C@@H]3C(C)(C)[C@]3(OC(C)=O)[C@H](OC(C)=O)[C@@H](C)[C@]2(O)C2C=C(C)C(=O)C2C1. The van der Waals surface area contributed by atoms with Crippen LogP contribution < -0.4 is 0 Å². The van der Waals surface area contributed by atoms with Gasteiger partial charge in [-0.15, -0.1) is 0 Å². The van der Waals surface area contributed by atoms with Gasteiger partial charge in [0.05, 0.1) is 5.60 Å². The highest BCUT2D eigenvalue weighted by Gasteiger charge is 2.87. The molecule has 0 bridgehead atoms. The molecule has 4 rings (SSSR count). The molecule has 0 spiro atoms. The van der Waals surface area contributed by atoms with Gasteiger partial charge in [0.2, 0.25) is 0 Å². The predicted octanol–water partition coefficient (Wildman–Crippen LogP) is 2.53. The molecule has 8 nitrogen and oxygen atoms in total. The Labute approximate surface area is 199 Å². The molecule has 0 aromatic rings. The minimum absolute atomic E-state index is 0.0208. The smallest absolute Gasteiger partial charge is 0.303 e. The number of esters is 3. The van der Waals surface area contributed by atoms with Gasteiger partial charge in [-0.25, -0.2) is 0 Å². The quantitative estimate of drug-likeness (QED) is 0.375. The molecule has 0 amide bonds. The maximum atomic E-state index is 13.1. The topological polar surface area (TPSA) is 116 Å². The molecule has 4 aliphatic carbocycles. The molecule has 1 N–H and O–H groups in total. The lowest BCUT2D eigenvalue weighted by Crippen LogP contribution is -2.63. The molecule has 0 aromatic carbocycles. The highest BCUT2D eigenvalue weighted by atomic mass is 16.6. The van der Waals surface area contributed by atoms with Gasteiger partial charge >= 0.3 is 17.9 Å². The van der Waals surface area contributed by atoms with E-state index in [1.165, 1.54) is 20.8 Å². The molecular formula is C26H34O8. The van der Waals surface area contributed by atoms with Crippen LogP contribution in [-0.2, 0) is 33.4 Å². The third-order valence-electron chi connectivity index (χ3n) is 8.75. The Kier molecular flexibility index (Phi) is 5.63. The van der Waals surface area contributed by atoms with Crippen molar-refractivity contribution in [2.45, 2.75) is 72.2 Å². The van der Waals surface area contributed by atoms with E-state index in [4.69, 9.17) is 14.2 Å². The minimum atomic E-state index is -1.45. The summed E-state index contributed by atoms with van der Waals surface area (Å²) < 4.78 is 17.0. The molecule has 2 fully saturated rings. The largest absolute Gasteiger partial charge is 0.461 e. The standard InChI is InChI=1S/C26H34O8/c1-12-8-19-18(21(12)30)9-17(11-32-14(3)27)10-20-22-24(6,7)26(22,34-16(5)29)23(33-15(4)28)13(2)25(19,20)31/h8,10,13,18-20,22-23,31H,9,11H2,1-7H3/t13-,18?,19?,20+,22-,23-,25+,26-/m1/s1. The summed E-state index contributed by atoms with van der Waals surface area (Å²) in [6, 6.07) is 0. The van der Waals surface area contributed by atoms with Crippen LogP contribution in [0, 0.1) is 35.0 Å². The van der Waals surface area contributed by atoms with Crippen LogP contribution in [-0.4, -0.2) is 52.7 Å². The van der Waals surface area contributed by atoms with Crippen molar-refractivity contribution in [3.63, 3.8) is 0 Å². The average Bonchev–Trinajstić information content (AvgIpc) is 3.10. The van der Waals surface area contributed by atoms with E-state index < -0.39 is 64.3 Å². The molecule has 8 atom stereocenters. The highest BCUT2D eigenvalue weighted by molar-refractivity contribution is 6.00. The fraction of sp³-hybridized carbons (Fsp3) is 0.692. The van der Waals surface area contributed by atoms with Crippen LogP contribution in [0.1, 0.15) is 54.9 Å². The predicted molar refractivity (Wildman–Crippen MR) is 120 cm³/mol. The number of aliphatic hydroxyl groups is 1. The molecule has 0 aromatic heterocycles. The van der Waals surface area contributed by atoms with E-state index in [2.05, 4.69) is 0 Å². The summed E-state index contributed by atoms with van der Waals surface area (Å²) in [7, 11) is 0. The highest BCUT2D eigenvalue weighted by Crippen LogP contribution is 2.76. The molecule has 0 radical (unpaired) electrons. The van der Waals surface area contributed by atoms with Crippen LogP contribution in [0.2, 0.25) is 0 Å². The average molecular weight is 475 g/mol. The number of hydrogen-bond donors (Lipinski definition) is 1. The summed E-state index contributed by atoms with van der Waals surface area (Å²) in [5.74, 6) is -4.07. The molecule has 2 saturated carbocycles. The van der Waals surface area contributed by atoms with Crippen LogP contribution in [0.3, 0.4) is 0 Å². The summed E-state index contributed by atoms with van der Waals surface area (Å²) in [6.07, 6.45) is 3.21. The molecule has 34 heavy (non-hydrogen) atoms. The fourth-order valence-corrected chi connectivity index (χ4v) is 7.36. The van der Waals surface area contributed by atoms with Crippen molar-refractivity contribution in [3.8, 4) is 0 Å². The first-order chi connectivity index (χ1) is 15.7. The van der Waals surface area contributed by atoms with Gasteiger partial charge < -0.3 is 19.3 Å². The molecule has 4 aliphatic rings. The van der Waals surface area contributed by atoms with Gasteiger partial charge in [0.15, 0.2) is 11.4 Å². The number of allylic oxidation sites excluding steroid dienone is 1. The van der Waals surface area contributed by atoms with E-state index in [0.717, 1.165) is 5.57 Å². The first-order valence-corrected chi connectivity index (χ1v) is 11.8. The zero-order valence-corrected chi connectivity index (χ0v) is 20.8. The second kappa shape index (κ2) is 7.77. The molecule has 186 valence electrons. The van der Waals surface area contributed by atoms with E-state index in [1.807, 2.05) is 26.0 Å². The Balaban J connectivity index is 1.91. The number of ether oxygens (including phenoxy) is 3. The number of rotatable bonds is 4. The molecule has 0 aliphatic heterocycles. The van der Waals surface area contributed by atoms with E-state index >= 15 is 0 Å². The third-order valence-corrected chi connectivity index (χ3v) is 8.75. The number of ketones is 1. The zero-order chi connectivity index (χ0) is 25.4. The van der Waals surface area contributed by atoms with E-state index in [0.29, 0.717) is 12.0 Å². The Morgan fingerprint density at radius 1 is 1.06 bits per heavy atom. The number of hydrogen-bond acceptors (Lipinski definition) is 8. The Morgan fingerprint density at radius 3 is 2.26 bits per heavy atom. The van der Waals surface area contributed by atoms with E-state index in [9.17, 15) is 24.3 Å². The summed E-state index contributed by atoms with van der Waals surface area (Å²) >= 11 is 0. The van der Waals surface area contributed by atoms with Crippen LogP contribution >= 0.6 is 0 Å². The van der Waals surface area contributed by atoms with Crippen LogP contribution in [0.25, 0.3) is 0 Å². The van der Waals surface area contributed by atoms with Crippen molar-refractivity contribution in [1.82, 2.24) is 0 Å². The lowest BCUT2D eigenvalue weighted by Gasteiger charge is -2.52. The number of carbonyl (C=O) groups is 4. The van der Waals surface area contributed by atoms with E-state index in [-0.39, 0.29) is 18.3 Å². The van der Waals surface area contributed by atoms with Gasteiger partial charge in [-0.2, -0.15) is 0 Å². The Bertz CT molecular complexity index is 1020. The molecule has 0 heterocycles. The van der Waals surface area contributed by atoms with Crippen LogP contribution in [0.5, 0.6) is 0 Å². The molecule has 8 heteroatoms. The monoisotopic (exact) mass is 474 g/mol. The van der Waals surface area contributed by atoms with Crippen molar-refractivity contribution in [3.05, 3.63) is 23.3 Å². The fourth-order valence-electron chi connectivity index (χ4n) is 7.36. The second-order valence-corrected chi connectivity index (χ2v) is 11.0. The van der Waals surface area contributed by atoms with Crippen molar-refractivity contribution in [2.75, 3.05) is 6.61 Å². The van der Waals surface area contributed by atoms with Crippen molar-refractivity contribution in [2.24, 2.45) is 35.0 Å². The number of Topliss-reactive ketones (excluding diaryl/α,β-unsaturated/α-hetero) is 1.